The summed E-state index contributed by atoms with van der Waals surface area (Å²) < 4.78 is 32.8. The molecule has 6 rings (SSSR count). The molecule has 0 saturated heterocycles. The van der Waals surface area contributed by atoms with Crippen molar-refractivity contribution < 1.29 is 17.9 Å². The third-order valence-electron chi connectivity index (χ3n) is 7.16. The Kier molecular flexibility index (Phi) is 6.44. The molecule has 2 aliphatic rings. The molecule has 1 amide bonds. The number of nitrogens with zero attached hydrogens (tertiary/aromatic N) is 4. The Balaban J connectivity index is 1.45. The highest BCUT2D eigenvalue weighted by molar-refractivity contribution is 7.91. The second kappa shape index (κ2) is 10.1. The van der Waals surface area contributed by atoms with E-state index in [2.05, 4.69) is 9.97 Å². The van der Waals surface area contributed by atoms with Gasteiger partial charge in [-0.1, -0.05) is 60.7 Å². The summed E-state index contributed by atoms with van der Waals surface area (Å²) in [6.45, 7) is 0.267. The third kappa shape index (κ3) is 4.70. The monoisotopic (exact) mass is 538 g/mol. The van der Waals surface area contributed by atoms with E-state index in [9.17, 15) is 13.2 Å². The number of amides is 1. The van der Waals surface area contributed by atoms with Crippen molar-refractivity contribution in [3.63, 3.8) is 0 Å². The predicted octanol–water partition coefficient (Wildman–Crippen LogP) is 3.79. The van der Waals surface area contributed by atoms with Crippen LogP contribution in [0.5, 0.6) is 0 Å². The van der Waals surface area contributed by atoms with E-state index >= 15 is 0 Å². The average molecular weight is 539 g/mol. The summed E-state index contributed by atoms with van der Waals surface area (Å²) in [5, 5.41) is 0. The maximum atomic E-state index is 14.6. The van der Waals surface area contributed by atoms with Gasteiger partial charge in [-0.25, -0.2) is 23.4 Å². The maximum Gasteiger partial charge on any atom is 0.255 e. The van der Waals surface area contributed by atoms with Crippen LogP contribution in [-0.4, -0.2) is 52.9 Å². The molecule has 0 saturated carbocycles. The first-order valence-corrected chi connectivity index (χ1v) is 14.3. The van der Waals surface area contributed by atoms with Crippen LogP contribution in [0.2, 0.25) is 0 Å². The molecule has 3 heterocycles. The summed E-state index contributed by atoms with van der Waals surface area (Å²) >= 11 is 0. The van der Waals surface area contributed by atoms with Gasteiger partial charge in [-0.15, -0.1) is 0 Å². The van der Waals surface area contributed by atoms with Crippen molar-refractivity contribution in [3.8, 4) is 0 Å². The van der Waals surface area contributed by atoms with Gasteiger partial charge in [0, 0.05) is 43.0 Å². The van der Waals surface area contributed by atoms with Gasteiger partial charge in [0.1, 0.15) is 6.33 Å². The lowest BCUT2D eigenvalue weighted by atomic mass is 9.82. The Morgan fingerprint density at radius 3 is 2.31 bits per heavy atom. The lowest BCUT2D eigenvalue weighted by molar-refractivity contribution is -0.139. The van der Waals surface area contributed by atoms with Crippen molar-refractivity contribution in [2.24, 2.45) is 4.99 Å². The van der Waals surface area contributed by atoms with Gasteiger partial charge >= 0.3 is 0 Å². The van der Waals surface area contributed by atoms with Crippen LogP contribution in [0.15, 0.2) is 114 Å². The minimum Gasteiger partial charge on any atom is -0.466 e. The van der Waals surface area contributed by atoms with Gasteiger partial charge in [0.2, 0.25) is 5.90 Å². The highest BCUT2D eigenvalue weighted by atomic mass is 32.2. The molecule has 0 radical (unpaired) electrons. The number of ether oxygens (including phenoxy) is 1. The predicted molar refractivity (Wildman–Crippen MR) is 146 cm³/mol. The molecular weight excluding hydrogens is 512 g/mol. The topological polar surface area (TPSA) is 102 Å². The van der Waals surface area contributed by atoms with Crippen LogP contribution in [0.25, 0.3) is 0 Å². The van der Waals surface area contributed by atoms with E-state index < -0.39 is 21.5 Å². The smallest absolute Gasteiger partial charge is 0.255 e. The number of sulfone groups is 1. The van der Waals surface area contributed by atoms with Crippen LogP contribution in [-0.2, 0) is 32.3 Å². The van der Waals surface area contributed by atoms with Gasteiger partial charge in [0.15, 0.2) is 21.5 Å². The van der Waals surface area contributed by atoms with E-state index in [0.29, 0.717) is 5.90 Å². The second-order valence-electron chi connectivity index (χ2n) is 9.69. The zero-order chi connectivity index (χ0) is 26.9. The number of aromatic nitrogens is 2. The Morgan fingerprint density at radius 2 is 1.56 bits per heavy atom. The summed E-state index contributed by atoms with van der Waals surface area (Å²) in [5.74, 6) is -0.128. The number of carbonyl (C=O) groups excluding carboxylic acids is 1. The normalized spacial score (nSPS) is 20.4. The molecule has 0 aliphatic carbocycles. The standard InChI is InChI=1S/C30H26N4O4S/c35-29-30(17-22-18-31-21-32-19-22)27(38-28(33-30)23-9-3-1-4-10-23)26-14-8-7-11-24(26)20-34(29)15-16-39(36,37)25-12-5-2-6-13-25/h1-14,18-19,21,27H,15-17,20H2/t27-,30-/m0/s1. The second-order valence-corrected chi connectivity index (χ2v) is 11.8. The first kappa shape index (κ1) is 24.9. The average Bonchev–Trinajstić information content (AvgIpc) is 3.33. The molecule has 0 bridgehead atoms. The van der Waals surface area contributed by atoms with Gasteiger partial charge in [0.25, 0.3) is 5.91 Å². The molecule has 1 aromatic heterocycles. The summed E-state index contributed by atoms with van der Waals surface area (Å²) in [5.41, 5.74) is 1.87. The number of hydrogen-bond acceptors (Lipinski definition) is 7. The van der Waals surface area contributed by atoms with Crippen LogP contribution >= 0.6 is 0 Å². The van der Waals surface area contributed by atoms with Crippen LogP contribution in [0, 0.1) is 0 Å². The van der Waals surface area contributed by atoms with E-state index in [-0.39, 0.29) is 36.1 Å². The molecule has 0 fully saturated rings. The van der Waals surface area contributed by atoms with Crippen LogP contribution in [0.4, 0.5) is 0 Å². The molecule has 8 nitrogen and oxygen atoms in total. The molecular formula is C30H26N4O4S. The molecule has 4 aromatic rings. The highest BCUT2D eigenvalue weighted by Gasteiger charge is 2.56. The SMILES string of the molecule is O=C1N(CCS(=O)(=O)c2ccccc2)Cc2ccccc2[C@@H]2OC(c3ccccc3)=N[C@]12Cc1cncnc1. The third-order valence-corrected chi connectivity index (χ3v) is 8.87. The first-order chi connectivity index (χ1) is 19.0. The summed E-state index contributed by atoms with van der Waals surface area (Å²) in [7, 11) is -3.61. The number of benzene rings is 3. The summed E-state index contributed by atoms with van der Waals surface area (Å²) in [6, 6.07) is 25.5. The van der Waals surface area contributed by atoms with Crippen molar-refractivity contribution in [3.05, 3.63) is 126 Å². The lowest BCUT2D eigenvalue weighted by Gasteiger charge is -2.32. The van der Waals surface area contributed by atoms with E-state index in [1.807, 2.05) is 54.6 Å². The van der Waals surface area contributed by atoms with Crippen molar-refractivity contribution in [2.45, 2.75) is 29.5 Å². The van der Waals surface area contributed by atoms with Crippen molar-refractivity contribution in [1.29, 1.82) is 0 Å². The van der Waals surface area contributed by atoms with Crippen LogP contribution in [0.1, 0.15) is 28.4 Å². The quantitative estimate of drug-likeness (QED) is 0.355. The Labute approximate surface area is 227 Å². The van der Waals surface area contributed by atoms with Gasteiger partial charge in [-0.2, -0.15) is 0 Å². The molecule has 3 aromatic carbocycles. The number of rotatable bonds is 7. The Bertz CT molecular complexity index is 1630. The molecule has 0 unspecified atom stereocenters. The zero-order valence-electron chi connectivity index (χ0n) is 21.1. The summed E-state index contributed by atoms with van der Waals surface area (Å²) in [4.78, 5) is 29.7. The molecule has 0 spiro atoms. The van der Waals surface area contributed by atoms with Crippen molar-refractivity contribution >= 4 is 21.6 Å². The fourth-order valence-electron chi connectivity index (χ4n) is 5.25. The number of fused-ring (bicyclic) bond motifs is 3. The number of aliphatic imine (C=N–C) groups is 1. The van der Waals surface area contributed by atoms with Gasteiger partial charge < -0.3 is 9.64 Å². The van der Waals surface area contributed by atoms with Crippen LogP contribution in [0.3, 0.4) is 0 Å². The molecule has 9 heteroatoms. The highest BCUT2D eigenvalue weighted by Crippen LogP contribution is 2.46. The van der Waals surface area contributed by atoms with E-state index in [4.69, 9.17) is 9.73 Å². The Hall–Kier alpha value is -4.37. The van der Waals surface area contributed by atoms with Crippen molar-refractivity contribution in [2.75, 3.05) is 12.3 Å². The molecule has 2 aliphatic heterocycles. The molecule has 196 valence electrons. The number of carbonyl (C=O) groups is 1. The van der Waals surface area contributed by atoms with Gasteiger partial charge in [-0.3, -0.25) is 4.79 Å². The van der Waals surface area contributed by atoms with E-state index in [0.717, 1.165) is 22.3 Å². The van der Waals surface area contributed by atoms with Crippen molar-refractivity contribution in [1.82, 2.24) is 14.9 Å². The van der Waals surface area contributed by atoms with Gasteiger partial charge in [-0.05, 0) is 35.4 Å². The number of hydrogen-bond donors (Lipinski definition) is 0. The lowest BCUT2D eigenvalue weighted by Crippen LogP contribution is -2.50. The fraction of sp³-hybridized carbons (Fsp3) is 0.200. The molecule has 0 N–H and O–H groups in total. The Morgan fingerprint density at radius 1 is 0.897 bits per heavy atom. The summed E-state index contributed by atoms with van der Waals surface area (Å²) in [6.07, 6.45) is 4.27. The first-order valence-electron chi connectivity index (χ1n) is 12.7. The molecule has 2 atom stereocenters. The maximum absolute atomic E-state index is 14.6. The largest absolute Gasteiger partial charge is 0.466 e. The zero-order valence-corrected chi connectivity index (χ0v) is 21.9. The minimum atomic E-state index is -3.61. The minimum absolute atomic E-state index is 0.0142. The van der Waals surface area contributed by atoms with E-state index in [1.54, 1.807) is 47.6 Å². The van der Waals surface area contributed by atoms with E-state index in [1.165, 1.54) is 6.33 Å². The van der Waals surface area contributed by atoms with Gasteiger partial charge in [0.05, 0.1) is 10.6 Å². The van der Waals surface area contributed by atoms with Crippen LogP contribution < -0.4 is 0 Å². The molecule has 39 heavy (non-hydrogen) atoms. The fourth-order valence-corrected chi connectivity index (χ4v) is 6.52.